The Labute approximate surface area is 419 Å². The van der Waals surface area contributed by atoms with Crippen LogP contribution in [0.2, 0.25) is 0 Å². The zero-order valence-electron chi connectivity index (χ0n) is 43.8. The van der Waals surface area contributed by atoms with Crippen LogP contribution >= 0.6 is 0 Å². The fourth-order valence-electron chi connectivity index (χ4n) is 9.89. The number of ether oxygens (including phenoxy) is 4. The molecule has 0 radical (unpaired) electrons. The number of hydrogen-bond donors (Lipinski definition) is 9. The van der Waals surface area contributed by atoms with Gasteiger partial charge >= 0.3 is 0 Å². The molecule has 0 spiro atoms. The van der Waals surface area contributed by atoms with E-state index < -0.39 is 86.8 Å². The van der Waals surface area contributed by atoms with Gasteiger partial charge in [-0.25, -0.2) is 0 Å². The van der Waals surface area contributed by atoms with E-state index in [0.29, 0.717) is 12.8 Å². The second-order valence-electron chi connectivity index (χ2n) is 20.8. The molecule has 2 rings (SSSR count). The van der Waals surface area contributed by atoms with Crippen molar-refractivity contribution in [1.82, 2.24) is 5.32 Å². The number of hydrogen-bond acceptors (Lipinski definition) is 13. The Balaban J connectivity index is 1.48. The molecule has 410 valence electrons. The van der Waals surface area contributed by atoms with E-state index in [1.807, 2.05) is 0 Å². The summed E-state index contributed by atoms with van der Waals surface area (Å²) in [6, 6.07) is -0.818. The Morgan fingerprint density at radius 3 is 1.23 bits per heavy atom. The molecule has 0 aromatic rings. The van der Waals surface area contributed by atoms with Crippen LogP contribution in [0.1, 0.15) is 251 Å². The summed E-state index contributed by atoms with van der Waals surface area (Å²) in [7, 11) is 0. The first-order valence-corrected chi connectivity index (χ1v) is 28.8. The summed E-state index contributed by atoms with van der Waals surface area (Å²) < 4.78 is 22.6. The van der Waals surface area contributed by atoms with E-state index in [0.717, 1.165) is 44.9 Å². The monoisotopic (exact) mass is 990 g/mol. The maximum absolute atomic E-state index is 13.0. The van der Waals surface area contributed by atoms with E-state index in [9.17, 15) is 45.6 Å². The average Bonchev–Trinajstić information content (AvgIpc) is 3.35. The lowest BCUT2D eigenvalue weighted by Gasteiger charge is -2.46. The third kappa shape index (κ3) is 28.9. The van der Waals surface area contributed by atoms with Crippen LogP contribution in [0, 0.1) is 0 Å². The Hall–Kier alpha value is -1.01. The highest BCUT2D eigenvalue weighted by atomic mass is 16.7. The van der Waals surface area contributed by atoms with Crippen LogP contribution in [0.4, 0.5) is 0 Å². The number of carbonyl (C=O) groups is 1. The molecular weight excluding hydrogens is 883 g/mol. The van der Waals surface area contributed by atoms with Crippen LogP contribution in [-0.2, 0) is 23.7 Å². The van der Waals surface area contributed by atoms with Gasteiger partial charge in [0.15, 0.2) is 12.6 Å². The average molecular weight is 990 g/mol. The Morgan fingerprint density at radius 1 is 0.464 bits per heavy atom. The van der Waals surface area contributed by atoms with Crippen molar-refractivity contribution in [2.24, 2.45) is 0 Å². The normalized spacial score (nSPS) is 26.1. The lowest BCUT2D eigenvalue weighted by atomic mass is 9.97. The van der Waals surface area contributed by atoms with Crippen molar-refractivity contribution >= 4 is 5.91 Å². The number of amides is 1. The molecule has 12 unspecified atom stereocenters. The third-order valence-corrected chi connectivity index (χ3v) is 14.6. The van der Waals surface area contributed by atoms with Gasteiger partial charge in [-0.3, -0.25) is 4.79 Å². The lowest BCUT2D eigenvalue weighted by Crippen LogP contribution is -2.65. The minimum Gasteiger partial charge on any atom is -0.394 e. The molecule has 9 N–H and O–H groups in total. The van der Waals surface area contributed by atoms with Crippen molar-refractivity contribution in [2.45, 2.75) is 325 Å². The quantitative estimate of drug-likeness (QED) is 0.0260. The Morgan fingerprint density at radius 2 is 0.826 bits per heavy atom. The van der Waals surface area contributed by atoms with Gasteiger partial charge in [-0.05, 0) is 12.8 Å². The summed E-state index contributed by atoms with van der Waals surface area (Å²) in [6.07, 6.45) is 29.8. The highest BCUT2D eigenvalue weighted by Gasteiger charge is 2.51. The van der Waals surface area contributed by atoms with Gasteiger partial charge in [0, 0.05) is 6.42 Å². The van der Waals surface area contributed by atoms with E-state index in [4.69, 9.17) is 18.9 Å². The molecule has 2 aliphatic rings. The molecule has 14 heteroatoms. The van der Waals surface area contributed by atoms with Crippen molar-refractivity contribution in [3.05, 3.63) is 0 Å². The van der Waals surface area contributed by atoms with Crippen LogP contribution in [0.5, 0.6) is 0 Å². The summed E-state index contributed by atoms with van der Waals surface area (Å²) in [6.45, 7) is 2.70. The van der Waals surface area contributed by atoms with E-state index >= 15 is 0 Å². The number of unbranched alkanes of at least 4 members (excludes halogenated alkanes) is 33. The molecule has 14 nitrogen and oxygen atoms in total. The number of rotatable bonds is 46. The molecule has 1 amide bonds. The maximum atomic E-state index is 13.0. The second kappa shape index (κ2) is 42.4. The number of nitrogens with one attached hydrogen (secondary N) is 1. The minimum atomic E-state index is -1.78. The SMILES string of the molecule is CCCCCCCCCCCCCCCCCCCCCCCCCCCCCCCCCCC(=O)NC(COC1OC(CO)C(OC2OC(CO)C(O)C(O)C2O)C(O)C1O)C(O)CCCCC. The standard InChI is InChI=1S/C55H107NO13/c1-3-5-7-8-9-10-11-12-13-14-15-16-17-18-19-20-21-22-23-24-25-26-27-28-29-30-31-32-33-34-35-37-39-47(60)56-43(44(59)38-36-6-4-2)42-66-54-52(65)50(63)53(46(41-58)68-54)69-55-51(64)49(62)48(61)45(40-57)67-55/h43-46,48-55,57-59,61-65H,3-42H2,1-2H3,(H,56,60). The van der Waals surface area contributed by atoms with Crippen LogP contribution < -0.4 is 5.32 Å². The van der Waals surface area contributed by atoms with E-state index in [2.05, 4.69) is 19.2 Å². The lowest BCUT2D eigenvalue weighted by molar-refractivity contribution is -0.359. The molecule has 0 bridgehead atoms. The molecule has 2 heterocycles. The predicted octanol–water partition coefficient (Wildman–Crippen LogP) is 8.95. The van der Waals surface area contributed by atoms with Gasteiger partial charge in [-0.1, -0.05) is 232 Å². The van der Waals surface area contributed by atoms with Gasteiger partial charge < -0.3 is 65.1 Å². The van der Waals surface area contributed by atoms with E-state index in [1.54, 1.807) is 0 Å². The zero-order valence-corrected chi connectivity index (χ0v) is 43.8. The van der Waals surface area contributed by atoms with Gasteiger partial charge in [0.2, 0.25) is 5.91 Å². The Bertz CT molecular complexity index is 1170. The number of carbonyl (C=O) groups excluding carboxylic acids is 1. The third-order valence-electron chi connectivity index (χ3n) is 14.6. The van der Waals surface area contributed by atoms with Crippen molar-refractivity contribution < 1.29 is 64.6 Å². The van der Waals surface area contributed by atoms with Gasteiger partial charge in [0.25, 0.3) is 0 Å². The summed E-state index contributed by atoms with van der Waals surface area (Å²) in [5, 5.41) is 86.1. The fourth-order valence-corrected chi connectivity index (χ4v) is 9.89. The highest BCUT2D eigenvalue weighted by Crippen LogP contribution is 2.30. The van der Waals surface area contributed by atoms with Crippen LogP contribution in [0.25, 0.3) is 0 Å². The molecule has 12 atom stereocenters. The zero-order chi connectivity index (χ0) is 50.3. The van der Waals surface area contributed by atoms with Gasteiger partial charge in [-0.2, -0.15) is 0 Å². The van der Waals surface area contributed by atoms with Crippen molar-refractivity contribution in [1.29, 1.82) is 0 Å². The van der Waals surface area contributed by atoms with Crippen molar-refractivity contribution in [3.63, 3.8) is 0 Å². The van der Waals surface area contributed by atoms with Crippen LogP contribution in [0.15, 0.2) is 0 Å². The predicted molar refractivity (Wildman–Crippen MR) is 272 cm³/mol. The molecular formula is C55H107NO13. The first kappa shape index (κ1) is 64.1. The maximum Gasteiger partial charge on any atom is 0.220 e. The minimum absolute atomic E-state index is 0.213. The van der Waals surface area contributed by atoms with Crippen LogP contribution in [0.3, 0.4) is 0 Å². The molecule has 0 aromatic carbocycles. The summed E-state index contributed by atoms with van der Waals surface area (Å²) >= 11 is 0. The molecule has 2 saturated heterocycles. The summed E-state index contributed by atoms with van der Waals surface area (Å²) in [5.74, 6) is -0.213. The Kier molecular flexibility index (Phi) is 39.4. The topological polar surface area (TPSA) is 228 Å². The molecule has 2 fully saturated rings. The first-order valence-electron chi connectivity index (χ1n) is 28.8. The fraction of sp³-hybridized carbons (Fsp3) is 0.982. The molecule has 69 heavy (non-hydrogen) atoms. The number of aliphatic hydroxyl groups excluding tert-OH is 8. The molecule has 0 aliphatic carbocycles. The van der Waals surface area contributed by atoms with Crippen molar-refractivity contribution in [2.75, 3.05) is 19.8 Å². The van der Waals surface area contributed by atoms with Gasteiger partial charge in [0.05, 0.1) is 32.0 Å². The smallest absolute Gasteiger partial charge is 0.220 e. The van der Waals surface area contributed by atoms with E-state index in [1.165, 1.54) is 180 Å². The van der Waals surface area contributed by atoms with E-state index in [-0.39, 0.29) is 12.5 Å². The highest BCUT2D eigenvalue weighted by molar-refractivity contribution is 5.76. The number of aliphatic hydroxyl groups is 8. The second-order valence-corrected chi connectivity index (χ2v) is 20.8. The summed E-state index contributed by atoms with van der Waals surface area (Å²) in [4.78, 5) is 13.0. The molecule has 2 aliphatic heterocycles. The van der Waals surface area contributed by atoms with Crippen molar-refractivity contribution in [3.8, 4) is 0 Å². The summed E-state index contributed by atoms with van der Waals surface area (Å²) in [5.41, 5.74) is 0. The largest absolute Gasteiger partial charge is 0.394 e. The first-order chi connectivity index (χ1) is 33.6. The van der Waals surface area contributed by atoms with Gasteiger partial charge in [-0.15, -0.1) is 0 Å². The van der Waals surface area contributed by atoms with Gasteiger partial charge in [0.1, 0.15) is 48.8 Å². The molecule has 0 saturated carbocycles. The molecule has 0 aromatic heterocycles. The van der Waals surface area contributed by atoms with Crippen LogP contribution in [-0.4, -0.2) is 140 Å².